The highest BCUT2D eigenvalue weighted by Crippen LogP contribution is 2.45. The van der Waals surface area contributed by atoms with Crippen molar-refractivity contribution in [3.63, 3.8) is 0 Å². The fourth-order valence-electron chi connectivity index (χ4n) is 3.44. The van der Waals surface area contributed by atoms with Crippen molar-refractivity contribution in [1.82, 2.24) is 0 Å². The maximum absolute atomic E-state index is 13.4. The molecule has 1 aliphatic heterocycles. The fraction of sp³-hybridized carbons (Fsp3) is 0.600. The van der Waals surface area contributed by atoms with Crippen LogP contribution in [0.25, 0.3) is 0 Å². The molecule has 2 N–H and O–H groups in total. The topological polar surface area (TPSA) is 44.5 Å². The molecule has 1 heterocycles. The van der Waals surface area contributed by atoms with Gasteiger partial charge in [0.2, 0.25) is 0 Å². The molecule has 1 aliphatic carbocycles. The molecule has 3 unspecified atom stereocenters. The number of hydrogen-bond donors (Lipinski definition) is 1. The molecule has 1 aromatic rings. The van der Waals surface area contributed by atoms with E-state index >= 15 is 0 Å². The van der Waals surface area contributed by atoms with Crippen molar-refractivity contribution in [1.29, 1.82) is 0 Å². The Morgan fingerprint density at radius 3 is 3.05 bits per heavy atom. The Hall–Kier alpha value is -1.13. The number of ether oxygens (including phenoxy) is 2. The SMILES string of the molecule is COC1CCCC2(C1)CC(N)c1ccc(F)cc1O2. The number of benzene rings is 1. The molecule has 2 aliphatic rings. The van der Waals surface area contributed by atoms with Crippen LogP contribution in [0.3, 0.4) is 0 Å². The van der Waals surface area contributed by atoms with E-state index in [4.69, 9.17) is 15.2 Å². The molecule has 0 amide bonds. The zero-order chi connectivity index (χ0) is 13.5. The molecule has 3 nitrogen and oxygen atoms in total. The molecule has 0 radical (unpaired) electrons. The largest absolute Gasteiger partial charge is 0.487 e. The third-order valence-electron chi connectivity index (χ3n) is 4.38. The normalized spacial score (nSPS) is 33.8. The minimum Gasteiger partial charge on any atom is -0.487 e. The predicted molar refractivity (Wildman–Crippen MR) is 70.6 cm³/mol. The minimum atomic E-state index is -0.279. The van der Waals surface area contributed by atoms with Crippen LogP contribution in [0.4, 0.5) is 4.39 Å². The van der Waals surface area contributed by atoms with E-state index in [1.807, 2.05) is 0 Å². The first-order chi connectivity index (χ1) is 9.12. The summed E-state index contributed by atoms with van der Waals surface area (Å²) < 4.78 is 25.0. The van der Waals surface area contributed by atoms with Crippen LogP contribution in [-0.2, 0) is 4.74 Å². The first-order valence-corrected chi connectivity index (χ1v) is 6.89. The molecule has 4 heteroatoms. The zero-order valence-electron chi connectivity index (χ0n) is 11.2. The van der Waals surface area contributed by atoms with Gasteiger partial charge in [-0.1, -0.05) is 6.07 Å². The van der Waals surface area contributed by atoms with Gasteiger partial charge in [-0.05, 0) is 25.3 Å². The summed E-state index contributed by atoms with van der Waals surface area (Å²) >= 11 is 0. The van der Waals surface area contributed by atoms with Crippen molar-refractivity contribution < 1.29 is 13.9 Å². The van der Waals surface area contributed by atoms with Gasteiger partial charge in [-0.2, -0.15) is 0 Å². The standard InChI is InChI=1S/C15H20FNO2/c1-18-11-3-2-6-15(8-11)9-13(17)12-5-4-10(16)7-14(12)19-15/h4-5,7,11,13H,2-3,6,8-9,17H2,1H3. The lowest BCUT2D eigenvalue weighted by Crippen LogP contribution is -2.48. The zero-order valence-corrected chi connectivity index (χ0v) is 11.2. The van der Waals surface area contributed by atoms with Crippen LogP contribution in [0.1, 0.15) is 43.7 Å². The van der Waals surface area contributed by atoms with E-state index in [1.54, 1.807) is 13.2 Å². The van der Waals surface area contributed by atoms with E-state index in [2.05, 4.69) is 0 Å². The van der Waals surface area contributed by atoms with Gasteiger partial charge < -0.3 is 15.2 Å². The van der Waals surface area contributed by atoms with Gasteiger partial charge in [-0.25, -0.2) is 4.39 Å². The summed E-state index contributed by atoms with van der Waals surface area (Å²) in [6.45, 7) is 0. The summed E-state index contributed by atoms with van der Waals surface area (Å²) in [5, 5.41) is 0. The first-order valence-electron chi connectivity index (χ1n) is 6.89. The second-order valence-corrected chi connectivity index (χ2v) is 5.73. The van der Waals surface area contributed by atoms with Crippen LogP contribution < -0.4 is 10.5 Å². The van der Waals surface area contributed by atoms with E-state index in [0.717, 1.165) is 37.7 Å². The Bertz CT molecular complexity index is 479. The number of halogens is 1. The van der Waals surface area contributed by atoms with Crippen LogP contribution in [0.15, 0.2) is 18.2 Å². The van der Waals surface area contributed by atoms with Crippen molar-refractivity contribution in [2.24, 2.45) is 5.73 Å². The Morgan fingerprint density at radius 2 is 2.26 bits per heavy atom. The molecule has 0 bridgehead atoms. The van der Waals surface area contributed by atoms with Crippen LogP contribution in [0, 0.1) is 5.82 Å². The van der Waals surface area contributed by atoms with Crippen LogP contribution in [0.2, 0.25) is 0 Å². The van der Waals surface area contributed by atoms with Crippen LogP contribution in [0.5, 0.6) is 5.75 Å². The van der Waals surface area contributed by atoms with Crippen molar-refractivity contribution in [2.75, 3.05) is 7.11 Å². The second kappa shape index (κ2) is 4.76. The molecular formula is C15H20FNO2. The highest BCUT2D eigenvalue weighted by atomic mass is 19.1. The Morgan fingerprint density at radius 1 is 1.42 bits per heavy atom. The molecule has 1 saturated carbocycles. The number of fused-ring (bicyclic) bond motifs is 1. The van der Waals surface area contributed by atoms with E-state index in [-0.39, 0.29) is 23.6 Å². The lowest BCUT2D eigenvalue weighted by atomic mass is 9.76. The van der Waals surface area contributed by atoms with Crippen LogP contribution in [-0.4, -0.2) is 18.8 Å². The second-order valence-electron chi connectivity index (χ2n) is 5.73. The summed E-state index contributed by atoms with van der Waals surface area (Å²) in [6, 6.07) is 4.55. The van der Waals surface area contributed by atoms with Gasteiger partial charge in [-0.15, -0.1) is 0 Å². The Kier molecular flexibility index (Phi) is 3.23. The van der Waals surface area contributed by atoms with E-state index in [1.165, 1.54) is 12.1 Å². The molecule has 19 heavy (non-hydrogen) atoms. The Balaban J connectivity index is 1.90. The van der Waals surface area contributed by atoms with E-state index in [9.17, 15) is 4.39 Å². The molecule has 1 fully saturated rings. The van der Waals surface area contributed by atoms with Crippen molar-refractivity contribution >= 4 is 0 Å². The third-order valence-corrected chi connectivity index (χ3v) is 4.38. The quantitative estimate of drug-likeness (QED) is 0.849. The summed E-state index contributed by atoms with van der Waals surface area (Å²) in [5.41, 5.74) is 6.88. The number of rotatable bonds is 1. The average Bonchev–Trinajstić information content (AvgIpc) is 2.38. The molecular weight excluding hydrogens is 245 g/mol. The monoisotopic (exact) mass is 265 g/mol. The highest BCUT2D eigenvalue weighted by molar-refractivity contribution is 5.39. The first kappa shape index (κ1) is 12.9. The maximum atomic E-state index is 13.4. The fourth-order valence-corrected chi connectivity index (χ4v) is 3.44. The average molecular weight is 265 g/mol. The van der Waals surface area contributed by atoms with Gasteiger partial charge in [0.15, 0.2) is 0 Å². The van der Waals surface area contributed by atoms with Gasteiger partial charge in [0.1, 0.15) is 17.2 Å². The van der Waals surface area contributed by atoms with Crippen molar-refractivity contribution in [3.8, 4) is 5.75 Å². The summed E-state index contributed by atoms with van der Waals surface area (Å²) in [5.74, 6) is 0.331. The van der Waals surface area contributed by atoms with E-state index in [0.29, 0.717) is 5.75 Å². The molecule has 104 valence electrons. The van der Waals surface area contributed by atoms with Gasteiger partial charge in [-0.3, -0.25) is 0 Å². The molecule has 1 aromatic carbocycles. The highest BCUT2D eigenvalue weighted by Gasteiger charge is 2.43. The molecule has 1 spiro atoms. The summed E-state index contributed by atoms with van der Waals surface area (Å²) in [4.78, 5) is 0. The third kappa shape index (κ3) is 2.35. The maximum Gasteiger partial charge on any atom is 0.127 e. The molecule has 0 saturated heterocycles. The lowest BCUT2D eigenvalue weighted by Gasteiger charge is -2.45. The summed E-state index contributed by atoms with van der Waals surface area (Å²) in [7, 11) is 1.74. The van der Waals surface area contributed by atoms with Crippen LogP contribution >= 0.6 is 0 Å². The molecule has 0 aromatic heterocycles. The molecule has 3 rings (SSSR count). The lowest BCUT2D eigenvalue weighted by molar-refractivity contribution is -0.0579. The van der Waals surface area contributed by atoms with Gasteiger partial charge >= 0.3 is 0 Å². The predicted octanol–water partition coefficient (Wildman–Crippen LogP) is 2.94. The summed E-state index contributed by atoms with van der Waals surface area (Å²) in [6.07, 6.45) is 4.94. The van der Waals surface area contributed by atoms with Gasteiger partial charge in [0.05, 0.1) is 6.10 Å². The Labute approximate surface area is 112 Å². The number of methoxy groups -OCH3 is 1. The number of nitrogens with two attached hydrogens (primary N) is 1. The van der Waals surface area contributed by atoms with E-state index < -0.39 is 0 Å². The van der Waals surface area contributed by atoms with Crippen molar-refractivity contribution in [2.45, 2.75) is 49.9 Å². The van der Waals surface area contributed by atoms with Gasteiger partial charge in [0, 0.05) is 37.6 Å². The van der Waals surface area contributed by atoms with Gasteiger partial charge in [0.25, 0.3) is 0 Å². The molecule has 3 atom stereocenters. The number of hydrogen-bond acceptors (Lipinski definition) is 3. The smallest absolute Gasteiger partial charge is 0.127 e. The minimum absolute atomic E-state index is 0.0834. The van der Waals surface area contributed by atoms with Crippen molar-refractivity contribution in [3.05, 3.63) is 29.6 Å².